The third-order valence-electron chi connectivity index (χ3n) is 2.24. The number of rotatable bonds is 2. The summed E-state index contributed by atoms with van der Waals surface area (Å²) in [6.45, 7) is -0.0592. The Morgan fingerprint density at radius 1 is 1.38 bits per heavy atom. The van der Waals surface area contributed by atoms with Crippen molar-refractivity contribution in [2.45, 2.75) is 31.7 Å². The van der Waals surface area contributed by atoms with Gasteiger partial charge in [-0.25, -0.2) is 4.79 Å². The SMILES string of the molecule is O=C1CCCOC(=O)[C@H](CCO)NC(=O)C1. The number of aliphatic hydroxyl groups excluding tert-OH is 1. The number of ether oxygens (including phenoxy) is 1. The molecule has 0 saturated carbocycles. The van der Waals surface area contributed by atoms with Crippen molar-refractivity contribution in [1.82, 2.24) is 5.32 Å². The number of nitrogens with one attached hydrogen (secondary N) is 1. The highest BCUT2D eigenvalue weighted by molar-refractivity contribution is 5.99. The van der Waals surface area contributed by atoms with Crippen LogP contribution in [0.4, 0.5) is 0 Å². The molecule has 1 fully saturated rings. The van der Waals surface area contributed by atoms with Gasteiger partial charge in [0.2, 0.25) is 5.91 Å². The molecular formula is C10H15NO5. The lowest BCUT2D eigenvalue weighted by atomic mass is 10.1. The van der Waals surface area contributed by atoms with Crippen LogP contribution in [-0.4, -0.2) is 42.0 Å². The summed E-state index contributed by atoms with van der Waals surface area (Å²) in [7, 11) is 0. The number of hydrogen-bond acceptors (Lipinski definition) is 5. The van der Waals surface area contributed by atoms with Gasteiger partial charge in [-0.3, -0.25) is 9.59 Å². The molecule has 0 spiro atoms. The van der Waals surface area contributed by atoms with Crippen LogP contribution in [0.1, 0.15) is 25.7 Å². The zero-order chi connectivity index (χ0) is 12.0. The predicted molar refractivity (Wildman–Crippen MR) is 53.5 cm³/mol. The second kappa shape index (κ2) is 6.22. The van der Waals surface area contributed by atoms with Gasteiger partial charge in [-0.2, -0.15) is 0 Å². The molecule has 1 aliphatic rings. The molecule has 2 N–H and O–H groups in total. The highest BCUT2D eigenvalue weighted by atomic mass is 16.5. The molecule has 1 amide bonds. The lowest BCUT2D eigenvalue weighted by molar-refractivity contribution is -0.149. The summed E-state index contributed by atoms with van der Waals surface area (Å²) in [4.78, 5) is 33.9. The van der Waals surface area contributed by atoms with Gasteiger partial charge in [-0.05, 0) is 6.42 Å². The summed E-state index contributed by atoms with van der Waals surface area (Å²) in [5.41, 5.74) is 0. The van der Waals surface area contributed by atoms with Crippen molar-refractivity contribution in [3.8, 4) is 0 Å². The van der Waals surface area contributed by atoms with E-state index in [-0.39, 0.29) is 38.3 Å². The van der Waals surface area contributed by atoms with Crippen LogP contribution in [0, 0.1) is 0 Å². The van der Waals surface area contributed by atoms with Crippen molar-refractivity contribution in [3.63, 3.8) is 0 Å². The highest BCUT2D eigenvalue weighted by Gasteiger charge is 2.23. The smallest absolute Gasteiger partial charge is 0.328 e. The second-order valence-corrected chi connectivity index (χ2v) is 3.62. The van der Waals surface area contributed by atoms with E-state index in [1.165, 1.54) is 0 Å². The fraction of sp³-hybridized carbons (Fsp3) is 0.700. The fourth-order valence-electron chi connectivity index (χ4n) is 1.43. The van der Waals surface area contributed by atoms with Crippen molar-refractivity contribution in [1.29, 1.82) is 0 Å². The lowest BCUT2D eigenvalue weighted by Gasteiger charge is -2.18. The maximum atomic E-state index is 11.4. The van der Waals surface area contributed by atoms with Crippen molar-refractivity contribution >= 4 is 17.7 Å². The summed E-state index contributed by atoms with van der Waals surface area (Å²) in [5.74, 6) is -1.22. The van der Waals surface area contributed by atoms with E-state index < -0.39 is 17.9 Å². The van der Waals surface area contributed by atoms with E-state index >= 15 is 0 Å². The molecule has 90 valence electrons. The first kappa shape index (κ1) is 12.6. The molecule has 0 radical (unpaired) electrons. The van der Waals surface area contributed by atoms with Gasteiger partial charge in [0.15, 0.2) is 0 Å². The average Bonchev–Trinajstić information content (AvgIpc) is 2.22. The third kappa shape index (κ3) is 3.98. The molecule has 0 aromatic carbocycles. The van der Waals surface area contributed by atoms with Crippen LogP contribution in [0.15, 0.2) is 0 Å². The Bertz CT molecular complexity index is 289. The van der Waals surface area contributed by atoms with Crippen LogP contribution in [0.2, 0.25) is 0 Å². The number of ketones is 1. The summed E-state index contributed by atoms with van der Waals surface area (Å²) in [6.07, 6.45) is 0.559. The van der Waals surface area contributed by atoms with Crippen molar-refractivity contribution in [2.24, 2.45) is 0 Å². The number of hydrogen-bond donors (Lipinski definition) is 2. The maximum Gasteiger partial charge on any atom is 0.328 e. The van der Waals surface area contributed by atoms with Crippen LogP contribution < -0.4 is 5.32 Å². The lowest BCUT2D eigenvalue weighted by Crippen LogP contribution is -2.43. The number of carbonyl (C=O) groups is 3. The first-order chi connectivity index (χ1) is 7.63. The third-order valence-corrected chi connectivity index (χ3v) is 2.24. The Balaban J connectivity index is 2.63. The average molecular weight is 229 g/mol. The summed E-state index contributed by atoms with van der Waals surface area (Å²) < 4.78 is 4.86. The summed E-state index contributed by atoms with van der Waals surface area (Å²) in [6, 6.07) is -0.858. The van der Waals surface area contributed by atoms with Crippen molar-refractivity contribution < 1.29 is 24.2 Å². The topological polar surface area (TPSA) is 92.7 Å². The molecule has 0 bridgehead atoms. The minimum absolute atomic E-state index is 0.0960. The molecule has 1 atom stereocenters. The first-order valence-corrected chi connectivity index (χ1v) is 5.22. The monoisotopic (exact) mass is 229 g/mol. The van der Waals surface area contributed by atoms with Gasteiger partial charge in [0.1, 0.15) is 11.8 Å². The molecule has 1 heterocycles. The van der Waals surface area contributed by atoms with Gasteiger partial charge < -0.3 is 15.2 Å². The Labute approximate surface area is 93.0 Å². The molecular weight excluding hydrogens is 214 g/mol. The Morgan fingerprint density at radius 3 is 2.81 bits per heavy atom. The van der Waals surface area contributed by atoms with Crippen molar-refractivity contribution in [3.05, 3.63) is 0 Å². The van der Waals surface area contributed by atoms with E-state index in [1.807, 2.05) is 0 Å². The molecule has 0 unspecified atom stereocenters. The standard InChI is InChI=1S/C10H15NO5/c12-4-3-8-10(15)16-5-1-2-7(13)6-9(14)11-8/h8,12H,1-6H2,(H,11,14)/t8-/m0/s1. The maximum absolute atomic E-state index is 11.4. The Morgan fingerprint density at radius 2 is 2.12 bits per heavy atom. The quantitative estimate of drug-likeness (QED) is 0.475. The first-order valence-electron chi connectivity index (χ1n) is 5.22. The van der Waals surface area contributed by atoms with Gasteiger partial charge in [0.05, 0.1) is 13.0 Å². The normalized spacial score (nSPS) is 23.6. The number of cyclic esters (lactones) is 1. The van der Waals surface area contributed by atoms with Crippen LogP contribution in [0.25, 0.3) is 0 Å². The van der Waals surface area contributed by atoms with Gasteiger partial charge in [0, 0.05) is 19.4 Å². The van der Waals surface area contributed by atoms with Crippen LogP contribution in [0.5, 0.6) is 0 Å². The number of Topliss-reactive ketones (excluding diaryl/α,β-unsaturated/α-hetero) is 1. The van der Waals surface area contributed by atoms with Gasteiger partial charge in [-0.15, -0.1) is 0 Å². The molecule has 0 aliphatic carbocycles. The van der Waals surface area contributed by atoms with Gasteiger partial charge >= 0.3 is 5.97 Å². The minimum atomic E-state index is -0.858. The van der Waals surface area contributed by atoms with E-state index in [9.17, 15) is 14.4 Å². The summed E-state index contributed by atoms with van der Waals surface area (Å²) >= 11 is 0. The predicted octanol–water partition coefficient (Wildman–Crippen LogP) is -0.850. The van der Waals surface area contributed by atoms with E-state index in [4.69, 9.17) is 9.84 Å². The molecule has 1 saturated heterocycles. The molecule has 0 aromatic heterocycles. The number of aliphatic hydroxyl groups is 1. The molecule has 16 heavy (non-hydrogen) atoms. The van der Waals surface area contributed by atoms with E-state index in [0.29, 0.717) is 6.42 Å². The second-order valence-electron chi connectivity index (χ2n) is 3.62. The minimum Gasteiger partial charge on any atom is -0.464 e. The van der Waals surface area contributed by atoms with E-state index in [0.717, 1.165) is 0 Å². The van der Waals surface area contributed by atoms with Crippen LogP contribution in [0.3, 0.4) is 0 Å². The Hall–Kier alpha value is -1.43. The Kier molecular flexibility index (Phi) is 4.91. The van der Waals surface area contributed by atoms with E-state index in [1.54, 1.807) is 0 Å². The van der Waals surface area contributed by atoms with Crippen LogP contribution >= 0.6 is 0 Å². The largest absolute Gasteiger partial charge is 0.464 e. The molecule has 0 aromatic rings. The van der Waals surface area contributed by atoms with E-state index in [2.05, 4.69) is 5.32 Å². The molecule has 1 rings (SSSR count). The summed E-state index contributed by atoms with van der Waals surface area (Å²) in [5, 5.41) is 11.1. The number of carbonyl (C=O) groups excluding carboxylic acids is 3. The highest BCUT2D eigenvalue weighted by Crippen LogP contribution is 2.03. The van der Waals surface area contributed by atoms with Gasteiger partial charge in [0.25, 0.3) is 0 Å². The number of esters is 1. The molecule has 6 heteroatoms. The van der Waals surface area contributed by atoms with Crippen molar-refractivity contribution in [2.75, 3.05) is 13.2 Å². The van der Waals surface area contributed by atoms with Gasteiger partial charge in [-0.1, -0.05) is 0 Å². The van der Waals surface area contributed by atoms with Crippen LogP contribution in [-0.2, 0) is 19.1 Å². The zero-order valence-electron chi connectivity index (χ0n) is 8.90. The molecule has 1 aliphatic heterocycles. The molecule has 6 nitrogen and oxygen atoms in total. The zero-order valence-corrected chi connectivity index (χ0v) is 8.90. The fourth-order valence-corrected chi connectivity index (χ4v) is 1.43. The number of amides is 1.